The number of likely N-dealkylation sites (tertiary alicyclic amines) is 1. The van der Waals surface area contributed by atoms with Gasteiger partial charge in [-0.3, -0.25) is 9.69 Å². The van der Waals surface area contributed by atoms with Gasteiger partial charge in [0.15, 0.2) is 0 Å². The zero-order valence-corrected chi connectivity index (χ0v) is 13.4. The monoisotopic (exact) mass is 289 g/mol. The van der Waals surface area contributed by atoms with Gasteiger partial charge in [-0.05, 0) is 64.4 Å². The number of nitrogens with zero attached hydrogens (tertiary/aromatic N) is 1. The minimum Gasteiger partial charge on any atom is -0.385 e. The minimum atomic E-state index is 0.0111. The van der Waals surface area contributed by atoms with Crippen LogP contribution in [0.5, 0.6) is 0 Å². The highest BCUT2D eigenvalue weighted by Gasteiger charge is 2.19. The van der Waals surface area contributed by atoms with Crippen LogP contribution in [0.15, 0.2) is 18.2 Å². The summed E-state index contributed by atoms with van der Waals surface area (Å²) in [5.74, 6) is 0.0111. The molecule has 1 saturated heterocycles. The van der Waals surface area contributed by atoms with Crippen LogP contribution in [0.1, 0.15) is 42.6 Å². The fourth-order valence-corrected chi connectivity index (χ4v) is 2.84. The highest BCUT2D eigenvalue weighted by Crippen LogP contribution is 2.17. The molecule has 0 spiro atoms. The molecule has 1 amide bonds. The fraction of sp³-hybridized carbons (Fsp3) is 0.588. The summed E-state index contributed by atoms with van der Waals surface area (Å²) in [5, 5.41) is 6.34. The van der Waals surface area contributed by atoms with Crippen molar-refractivity contribution in [3.05, 3.63) is 29.3 Å². The lowest BCUT2D eigenvalue weighted by Gasteiger charge is -2.24. The van der Waals surface area contributed by atoms with Crippen molar-refractivity contribution in [1.82, 2.24) is 10.2 Å². The van der Waals surface area contributed by atoms with E-state index in [2.05, 4.69) is 22.5 Å². The van der Waals surface area contributed by atoms with Crippen LogP contribution in [0.4, 0.5) is 5.69 Å². The van der Waals surface area contributed by atoms with E-state index < -0.39 is 0 Å². The number of aryl methyl sites for hydroxylation is 1. The number of rotatable bonds is 6. The molecule has 0 aliphatic carbocycles. The molecule has 0 aromatic heterocycles. The van der Waals surface area contributed by atoms with Crippen LogP contribution in [-0.2, 0) is 0 Å². The maximum Gasteiger partial charge on any atom is 0.253 e. The van der Waals surface area contributed by atoms with Gasteiger partial charge in [-0.25, -0.2) is 0 Å². The lowest BCUT2D eigenvalue weighted by Crippen LogP contribution is -2.40. The molecule has 1 aromatic rings. The van der Waals surface area contributed by atoms with Crippen molar-refractivity contribution in [2.75, 3.05) is 31.5 Å². The number of carbonyl (C=O) groups excluding carboxylic acids is 1. The first kappa shape index (κ1) is 15.8. The van der Waals surface area contributed by atoms with E-state index >= 15 is 0 Å². The van der Waals surface area contributed by atoms with E-state index in [9.17, 15) is 4.79 Å². The summed E-state index contributed by atoms with van der Waals surface area (Å²) in [4.78, 5) is 14.8. The molecule has 1 atom stereocenters. The van der Waals surface area contributed by atoms with Gasteiger partial charge in [0, 0.05) is 24.8 Å². The Morgan fingerprint density at radius 3 is 2.71 bits per heavy atom. The summed E-state index contributed by atoms with van der Waals surface area (Å²) in [6, 6.07) is 6.33. The highest BCUT2D eigenvalue weighted by molar-refractivity contribution is 5.99. The second-order valence-electron chi connectivity index (χ2n) is 5.88. The molecule has 0 radical (unpaired) electrons. The normalized spacial score (nSPS) is 16.7. The van der Waals surface area contributed by atoms with Crippen LogP contribution in [0.2, 0.25) is 0 Å². The van der Waals surface area contributed by atoms with Crippen molar-refractivity contribution in [1.29, 1.82) is 0 Å². The predicted molar refractivity (Wildman–Crippen MR) is 87.9 cm³/mol. The van der Waals surface area contributed by atoms with Gasteiger partial charge >= 0.3 is 0 Å². The van der Waals surface area contributed by atoms with E-state index in [4.69, 9.17) is 0 Å². The summed E-state index contributed by atoms with van der Waals surface area (Å²) in [7, 11) is 0. The number of carbonyl (C=O) groups is 1. The van der Waals surface area contributed by atoms with Gasteiger partial charge in [-0.15, -0.1) is 0 Å². The molecule has 1 aliphatic rings. The Morgan fingerprint density at radius 1 is 1.33 bits per heavy atom. The smallest absolute Gasteiger partial charge is 0.253 e. The number of benzene rings is 1. The SMILES string of the molecule is CCNc1cc(C)ccc1C(=O)NCC(C)N1CCCC1. The van der Waals surface area contributed by atoms with E-state index in [1.54, 1.807) is 0 Å². The molecular weight excluding hydrogens is 262 g/mol. The van der Waals surface area contributed by atoms with Crippen molar-refractivity contribution in [2.45, 2.75) is 39.7 Å². The van der Waals surface area contributed by atoms with Crippen molar-refractivity contribution < 1.29 is 4.79 Å². The third-order valence-electron chi connectivity index (χ3n) is 4.11. The highest BCUT2D eigenvalue weighted by atomic mass is 16.1. The maximum absolute atomic E-state index is 12.4. The third-order valence-corrected chi connectivity index (χ3v) is 4.11. The first-order valence-electron chi connectivity index (χ1n) is 7.98. The van der Waals surface area contributed by atoms with E-state index in [0.29, 0.717) is 12.6 Å². The largest absolute Gasteiger partial charge is 0.385 e. The topological polar surface area (TPSA) is 44.4 Å². The number of hydrogen-bond donors (Lipinski definition) is 2. The van der Waals surface area contributed by atoms with Gasteiger partial charge in [0.2, 0.25) is 0 Å². The number of anilines is 1. The van der Waals surface area contributed by atoms with Crippen molar-refractivity contribution >= 4 is 11.6 Å². The van der Waals surface area contributed by atoms with Gasteiger partial charge in [-0.1, -0.05) is 6.07 Å². The summed E-state index contributed by atoms with van der Waals surface area (Å²) in [6.45, 7) is 10.1. The van der Waals surface area contributed by atoms with Gasteiger partial charge in [0.25, 0.3) is 5.91 Å². The standard InChI is InChI=1S/C17H27N3O/c1-4-18-16-11-13(2)7-8-15(16)17(21)19-12-14(3)20-9-5-6-10-20/h7-8,11,14,18H,4-6,9-10,12H2,1-3H3,(H,19,21). The van der Waals surface area contributed by atoms with Gasteiger partial charge in [0.05, 0.1) is 5.56 Å². The van der Waals surface area contributed by atoms with Crippen LogP contribution in [-0.4, -0.2) is 43.0 Å². The Morgan fingerprint density at radius 2 is 2.05 bits per heavy atom. The first-order valence-corrected chi connectivity index (χ1v) is 7.98. The molecule has 21 heavy (non-hydrogen) atoms. The van der Waals surface area contributed by atoms with Gasteiger partial charge < -0.3 is 10.6 Å². The van der Waals surface area contributed by atoms with Crippen LogP contribution in [0.3, 0.4) is 0 Å². The summed E-state index contributed by atoms with van der Waals surface area (Å²) < 4.78 is 0. The van der Waals surface area contributed by atoms with Crippen LogP contribution in [0, 0.1) is 6.92 Å². The Bertz CT molecular complexity index is 481. The molecule has 116 valence electrons. The number of amides is 1. The molecule has 1 aliphatic heterocycles. The van der Waals surface area contributed by atoms with Gasteiger partial charge in [0.1, 0.15) is 0 Å². The zero-order chi connectivity index (χ0) is 15.2. The Hall–Kier alpha value is -1.55. The average Bonchev–Trinajstić information content (AvgIpc) is 2.99. The number of nitrogens with one attached hydrogen (secondary N) is 2. The fourth-order valence-electron chi connectivity index (χ4n) is 2.84. The molecule has 2 rings (SSSR count). The number of hydrogen-bond acceptors (Lipinski definition) is 3. The van der Waals surface area contributed by atoms with Gasteiger partial charge in [-0.2, -0.15) is 0 Å². The van der Waals surface area contributed by atoms with E-state index in [-0.39, 0.29) is 5.91 Å². The molecule has 0 saturated carbocycles. The summed E-state index contributed by atoms with van der Waals surface area (Å²) >= 11 is 0. The Labute approximate surface area is 127 Å². The molecule has 1 fully saturated rings. The van der Waals surface area contributed by atoms with E-state index in [0.717, 1.165) is 36.4 Å². The Kier molecular flexibility index (Phi) is 5.62. The van der Waals surface area contributed by atoms with Crippen molar-refractivity contribution in [3.63, 3.8) is 0 Å². The Balaban J connectivity index is 1.96. The molecule has 1 unspecified atom stereocenters. The molecule has 4 nitrogen and oxygen atoms in total. The maximum atomic E-state index is 12.4. The molecule has 4 heteroatoms. The zero-order valence-electron chi connectivity index (χ0n) is 13.4. The predicted octanol–water partition coefficient (Wildman–Crippen LogP) is 2.64. The van der Waals surface area contributed by atoms with Crippen LogP contribution in [0.25, 0.3) is 0 Å². The van der Waals surface area contributed by atoms with E-state index in [1.807, 2.05) is 32.0 Å². The second-order valence-corrected chi connectivity index (χ2v) is 5.88. The second kappa shape index (κ2) is 7.46. The molecule has 2 N–H and O–H groups in total. The molecule has 1 heterocycles. The van der Waals surface area contributed by atoms with Crippen molar-refractivity contribution in [2.24, 2.45) is 0 Å². The average molecular weight is 289 g/mol. The van der Waals surface area contributed by atoms with Crippen molar-refractivity contribution in [3.8, 4) is 0 Å². The minimum absolute atomic E-state index is 0.0111. The lowest BCUT2D eigenvalue weighted by atomic mass is 10.1. The lowest BCUT2D eigenvalue weighted by molar-refractivity contribution is 0.0941. The first-order chi connectivity index (χ1) is 10.1. The molecule has 0 bridgehead atoms. The molecule has 1 aromatic carbocycles. The quantitative estimate of drug-likeness (QED) is 0.846. The van der Waals surface area contributed by atoms with Crippen LogP contribution >= 0.6 is 0 Å². The molecular formula is C17H27N3O. The summed E-state index contributed by atoms with van der Waals surface area (Å²) in [5.41, 5.74) is 2.81. The third kappa shape index (κ3) is 4.21. The van der Waals surface area contributed by atoms with E-state index in [1.165, 1.54) is 12.8 Å². The summed E-state index contributed by atoms with van der Waals surface area (Å²) in [6.07, 6.45) is 2.56. The van der Waals surface area contributed by atoms with Crippen LogP contribution < -0.4 is 10.6 Å².